The van der Waals surface area contributed by atoms with E-state index >= 15 is 0 Å². The molecule has 0 aliphatic heterocycles. The van der Waals surface area contributed by atoms with Gasteiger partial charge in [0, 0.05) is 25.2 Å². The number of aromatic carboxylic acids is 1. The van der Waals surface area contributed by atoms with Crippen LogP contribution in [0.4, 0.5) is 5.69 Å². The van der Waals surface area contributed by atoms with Gasteiger partial charge in [-0.2, -0.15) is 0 Å². The minimum absolute atomic E-state index is 0.00855. The quantitative estimate of drug-likeness (QED) is 0.695. The normalized spacial score (nSPS) is 14.0. The minimum atomic E-state index is -1.01. The van der Waals surface area contributed by atoms with Crippen LogP contribution >= 0.6 is 0 Å². The fourth-order valence-electron chi connectivity index (χ4n) is 1.56. The van der Waals surface area contributed by atoms with Gasteiger partial charge in [-0.25, -0.2) is 4.79 Å². The molecule has 0 radical (unpaired) electrons. The molecule has 1 heterocycles. The molecule has 0 aromatic carbocycles. The van der Waals surface area contributed by atoms with E-state index in [0.29, 0.717) is 24.7 Å². The Morgan fingerprint density at radius 3 is 2.89 bits per heavy atom. The zero-order chi connectivity index (χ0) is 13.0. The van der Waals surface area contributed by atoms with Crippen LogP contribution in [0.3, 0.4) is 0 Å². The molecule has 1 aromatic rings. The number of pyridine rings is 1. The zero-order valence-corrected chi connectivity index (χ0v) is 9.85. The third-order valence-corrected chi connectivity index (χ3v) is 2.66. The average Bonchev–Trinajstić information content (AvgIpc) is 3.13. The lowest BCUT2D eigenvalue weighted by atomic mass is 10.2. The van der Waals surface area contributed by atoms with Crippen LogP contribution in [-0.2, 0) is 4.79 Å². The Morgan fingerprint density at radius 2 is 2.22 bits per heavy atom. The Balaban J connectivity index is 1.82. The van der Waals surface area contributed by atoms with Crippen molar-refractivity contribution in [2.24, 2.45) is 0 Å². The number of hydrogen-bond donors (Lipinski definition) is 3. The van der Waals surface area contributed by atoms with Crippen LogP contribution < -0.4 is 10.6 Å². The molecule has 6 nitrogen and oxygen atoms in total. The van der Waals surface area contributed by atoms with Gasteiger partial charge in [-0.15, -0.1) is 0 Å². The van der Waals surface area contributed by atoms with Crippen molar-refractivity contribution >= 4 is 17.6 Å². The van der Waals surface area contributed by atoms with Crippen molar-refractivity contribution in [2.75, 3.05) is 11.9 Å². The summed E-state index contributed by atoms with van der Waals surface area (Å²) in [6.45, 7) is 0.393. The number of carbonyl (C=O) groups excluding carboxylic acids is 1. The summed E-state index contributed by atoms with van der Waals surface area (Å²) < 4.78 is 0. The molecule has 0 bridgehead atoms. The molecule has 3 N–H and O–H groups in total. The molecule has 18 heavy (non-hydrogen) atoms. The fraction of sp³-hybridized carbons (Fsp3) is 0.417. The van der Waals surface area contributed by atoms with Crippen molar-refractivity contribution in [2.45, 2.75) is 25.3 Å². The van der Waals surface area contributed by atoms with Gasteiger partial charge in [0.1, 0.15) is 0 Å². The first kappa shape index (κ1) is 12.3. The lowest BCUT2D eigenvalue weighted by molar-refractivity contribution is -0.120. The van der Waals surface area contributed by atoms with E-state index in [9.17, 15) is 9.59 Å². The van der Waals surface area contributed by atoms with Gasteiger partial charge in [0.15, 0.2) is 0 Å². The van der Waals surface area contributed by atoms with Gasteiger partial charge in [-0.1, -0.05) is 0 Å². The molecule has 1 saturated carbocycles. The van der Waals surface area contributed by atoms with Crippen molar-refractivity contribution in [1.29, 1.82) is 0 Å². The number of carboxylic acids is 1. The maximum absolute atomic E-state index is 11.4. The van der Waals surface area contributed by atoms with Crippen molar-refractivity contribution in [3.8, 4) is 0 Å². The number of hydrogen-bond acceptors (Lipinski definition) is 4. The van der Waals surface area contributed by atoms with Crippen LogP contribution in [-0.4, -0.2) is 34.6 Å². The first-order chi connectivity index (χ1) is 8.66. The number of carbonyl (C=O) groups is 2. The Kier molecular flexibility index (Phi) is 3.76. The molecule has 0 spiro atoms. The van der Waals surface area contributed by atoms with Crippen LogP contribution in [0, 0.1) is 0 Å². The maximum atomic E-state index is 11.4. The van der Waals surface area contributed by atoms with Gasteiger partial charge in [-0.3, -0.25) is 9.78 Å². The first-order valence-corrected chi connectivity index (χ1v) is 5.87. The lowest BCUT2D eigenvalue weighted by Crippen LogP contribution is -2.27. The number of aromatic nitrogens is 1. The summed E-state index contributed by atoms with van der Waals surface area (Å²) >= 11 is 0. The van der Waals surface area contributed by atoms with Crippen molar-refractivity contribution < 1.29 is 14.7 Å². The van der Waals surface area contributed by atoms with Gasteiger partial charge in [0.05, 0.1) is 17.4 Å². The molecule has 0 unspecified atom stereocenters. The molecule has 2 rings (SSSR count). The second-order valence-electron chi connectivity index (χ2n) is 4.24. The van der Waals surface area contributed by atoms with Crippen LogP contribution in [0.25, 0.3) is 0 Å². The van der Waals surface area contributed by atoms with Crippen LogP contribution in [0.5, 0.6) is 0 Å². The molecular weight excluding hydrogens is 234 g/mol. The van der Waals surface area contributed by atoms with Crippen molar-refractivity contribution in [1.82, 2.24) is 10.3 Å². The third kappa shape index (κ3) is 3.44. The van der Waals surface area contributed by atoms with Crippen molar-refractivity contribution in [3.05, 3.63) is 24.0 Å². The Labute approximate surface area is 104 Å². The van der Waals surface area contributed by atoms with E-state index in [2.05, 4.69) is 15.6 Å². The van der Waals surface area contributed by atoms with E-state index in [1.165, 1.54) is 18.5 Å². The highest BCUT2D eigenvalue weighted by Gasteiger charge is 2.22. The lowest BCUT2D eigenvalue weighted by Gasteiger charge is -2.08. The topological polar surface area (TPSA) is 91.3 Å². The number of nitrogens with zero attached hydrogens (tertiary/aromatic N) is 1. The fourth-order valence-corrected chi connectivity index (χ4v) is 1.56. The highest BCUT2D eigenvalue weighted by atomic mass is 16.4. The number of nitrogens with one attached hydrogen (secondary N) is 2. The molecule has 0 atom stereocenters. The van der Waals surface area contributed by atoms with Crippen LogP contribution in [0.1, 0.15) is 29.6 Å². The summed E-state index contributed by atoms with van der Waals surface area (Å²) in [4.78, 5) is 26.2. The highest BCUT2D eigenvalue weighted by molar-refractivity contribution is 5.93. The van der Waals surface area contributed by atoms with E-state index in [4.69, 9.17) is 5.11 Å². The predicted octanol–water partition coefficient (Wildman–Crippen LogP) is 0.860. The van der Waals surface area contributed by atoms with Gasteiger partial charge >= 0.3 is 5.97 Å². The number of amides is 1. The predicted molar refractivity (Wildman–Crippen MR) is 65.5 cm³/mol. The first-order valence-electron chi connectivity index (χ1n) is 5.87. The maximum Gasteiger partial charge on any atom is 0.337 e. The van der Waals surface area contributed by atoms with E-state index < -0.39 is 5.97 Å². The number of carboxylic acid groups (broad SMARTS) is 1. The smallest absolute Gasteiger partial charge is 0.337 e. The van der Waals surface area contributed by atoms with E-state index in [1.807, 2.05) is 0 Å². The average molecular weight is 249 g/mol. The Morgan fingerprint density at radius 1 is 1.44 bits per heavy atom. The zero-order valence-electron chi connectivity index (χ0n) is 9.85. The van der Waals surface area contributed by atoms with E-state index in [0.717, 1.165) is 12.8 Å². The summed E-state index contributed by atoms with van der Waals surface area (Å²) in [7, 11) is 0. The SMILES string of the molecule is O=C(CCNc1cnccc1C(=O)O)NC1CC1. The molecule has 1 aliphatic carbocycles. The second kappa shape index (κ2) is 5.48. The standard InChI is InChI=1S/C12H15N3O3/c16-11(15-8-1-2-8)4-6-14-10-7-13-5-3-9(10)12(17)18/h3,5,7-8,14H,1-2,4,6H2,(H,15,16)(H,17,18). The molecular formula is C12H15N3O3. The molecule has 6 heteroatoms. The molecule has 1 fully saturated rings. The highest BCUT2D eigenvalue weighted by Crippen LogP contribution is 2.18. The molecule has 96 valence electrons. The van der Waals surface area contributed by atoms with Gasteiger partial charge < -0.3 is 15.7 Å². The Hall–Kier alpha value is -2.11. The monoisotopic (exact) mass is 249 g/mol. The largest absolute Gasteiger partial charge is 0.478 e. The second-order valence-corrected chi connectivity index (χ2v) is 4.24. The summed E-state index contributed by atoms with van der Waals surface area (Å²) in [6, 6.07) is 1.78. The van der Waals surface area contributed by atoms with Crippen LogP contribution in [0.2, 0.25) is 0 Å². The van der Waals surface area contributed by atoms with Gasteiger partial charge in [-0.05, 0) is 18.9 Å². The Bertz CT molecular complexity index is 458. The summed E-state index contributed by atoms with van der Waals surface area (Å²) in [5, 5.41) is 14.7. The van der Waals surface area contributed by atoms with Gasteiger partial charge in [0.2, 0.25) is 5.91 Å². The van der Waals surface area contributed by atoms with E-state index in [1.54, 1.807) is 0 Å². The molecule has 1 aromatic heterocycles. The van der Waals surface area contributed by atoms with Crippen molar-refractivity contribution in [3.63, 3.8) is 0 Å². The van der Waals surface area contributed by atoms with Crippen LogP contribution in [0.15, 0.2) is 18.5 Å². The minimum Gasteiger partial charge on any atom is -0.478 e. The summed E-state index contributed by atoms with van der Waals surface area (Å²) in [5.74, 6) is -1.02. The summed E-state index contributed by atoms with van der Waals surface area (Å²) in [6.07, 6.45) is 5.32. The summed E-state index contributed by atoms with van der Waals surface area (Å²) in [5.41, 5.74) is 0.594. The third-order valence-electron chi connectivity index (χ3n) is 2.66. The number of anilines is 1. The molecule has 1 aliphatic rings. The van der Waals surface area contributed by atoms with E-state index in [-0.39, 0.29) is 11.5 Å². The number of rotatable bonds is 6. The molecule has 0 saturated heterocycles. The van der Waals surface area contributed by atoms with Gasteiger partial charge in [0.25, 0.3) is 0 Å². The molecule has 1 amide bonds.